The monoisotopic (exact) mass is 382 g/mol. The number of phenolic OH excluding ortho intramolecular Hbond substituents is 1. The van der Waals surface area contributed by atoms with Gasteiger partial charge in [0.05, 0.1) is 18.1 Å². The summed E-state index contributed by atoms with van der Waals surface area (Å²) in [6.07, 6.45) is 6.77. The highest BCUT2D eigenvalue weighted by molar-refractivity contribution is 6.13. The number of phenols is 1. The molecule has 1 fully saturated rings. The lowest BCUT2D eigenvalue weighted by Crippen LogP contribution is -2.45. The highest BCUT2D eigenvalue weighted by Crippen LogP contribution is 2.47. The van der Waals surface area contributed by atoms with E-state index in [4.69, 9.17) is 9.47 Å². The summed E-state index contributed by atoms with van der Waals surface area (Å²) in [5.41, 5.74) is 0.623. The molecule has 0 atom stereocenters. The van der Waals surface area contributed by atoms with Crippen molar-refractivity contribution in [2.75, 3.05) is 7.11 Å². The quantitative estimate of drug-likeness (QED) is 0.655. The molecule has 1 N–H and O–H groups in total. The Labute approximate surface area is 164 Å². The lowest BCUT2D eigenvalue weighted by Gasteiger charge is -2.41. The van der Waals surface area contributed by atoms with Gasteiger partial charge in [0.1, 0.15) is 5.60 Å². The lowest BCUT2D eigenvalue weighted by atomic mass is 9.75. The Balaban J connectivity index is 1.90. The van der Waals surface area contributed by atoms with E-state index in [-0.39, 0.29) is 11.2 Å². The van der Waals surface area contributed by atoms with E-state index in [1.807, 2.05) is 0 Å². The minimum atomic E-state index is -0.492. The van der Waals surface area contributed by atoms with Crippen molar-refractivity contribution in [2.45, 2.75) is 52.1 Å². The zero-order chi connectivity index (χ0) is 20.1. The number of hydrogen-bond acceptors (Lipinski definition) is 5. The smallest absolute Gasteiger partial charge is 0.419 e. The van der Waals surface area contributed by atoms with Crippen LogP contribution >= 0.6 is 0 Å². The normalized spacial score (nSPS) is 16.6. The minimum Gasteiger partial charge on any atom is -0.504 e. The van der Waals surface area contributed by atoms with Crippen LogP contribution in [0.3, 0.4) is 0 Å². The van der Waals surface area contributed by atoms with Gasteiger partial charge in [0, 0.05) is 34.6 Å². The fourth-order valence-electron chi connectivity index (χ4n) is 4.40. The fraction of sp³-hybridized carbons (Fsp3) is 0.455. The van der Waals surface area contributed by atoms with Gasteiger partial charge in [-0.25, -0.2) is 9.36 Å². The van der Waals surface area contributed by atoms with Gasteiger partial charge >= 0.3 is 6.09 Å². The van der Waals surface area contributed by atoms with Crippen molar-refractivity contribution in [3.63, 3.8) is 0 Å². The van der Waals surface area contributed by atoms with Crippen LogP contribution in [0.1, 0.15) is 46.5 Å². The van der Waals surface area contributed by atoms with E-state index in [1.165, 1.54) is 11.7 Å². The van der Waals surface area contributed by atoms with Crippen molar-refractivity contribution in [1.82, 2.24) is 9.55 Å². The molecule has 4 rings (SSSR count). The van der Waals surface area contributed by atoms with Gasteiger partial charge in [-0.3, -0.25) is 4.98 Å². The fourth-order valence-corrected chi connectivity index (χ4v) is 4.40. The van der Waals surface area contributed by atoms with E-state index in [1.54, 1.807) is 30.6 Å². The van der Waals surface area contributed by atoms with Crippen LogP contribution in [0.5, 0.6) is 11.5 Å². The highest BCUT2D eigenvalue weighted by Gasteiger charge is 2.48. The summed E-state index contributed by atoms with van der Waals surface area (Å²) < 4.78 is 13.0. The zero-order valence-corrected chi connectivity index (χ0v) is 16.8. The molecule has 0 amide bonds. The van der Waals surface area contributed by atoms with Crippen LogP contribution in [0, 0.1) is 5.41 Å². The van der Waals surface area contributed by atoms with Crippen molar-refractivity contribution in [2.24, 2.45) is 5.41 Å². The summed E-state index contributed by atoms with van der Waals surface area (Å²) >= 11 is 0. The van der Waals surface area contributed by atoms with E-state index in [0.29, 0.717) is 16.8 Å². The number of hydrogen-bond donors (Lipinski definition) is 1. The molecule has 6 heteroatoms. The Bertz CT molecular complexity index is 1060. The molecule has 1 aromatic carbocycles. The number of fused-ring (bicyclic) bond motifs is 3. The van der Waals surface area contributed by atoms with Gasteiger partial charge in [-0.05, 0) is 37.8 Å². The Morgan fingerprint density at radius 3 is 2.54 bits per heavy atom. The molecule has 0 bridgehead atoms. The van der Waals surface area contributed by atoms with E-state index in [2.05, 4.69) is 25.8 Å². The number of carbonyl (C=O) groups is 1. The number of ether oxygens (including phenoxy) is 2. The van der Waals surface area contributed by atoms with Gasteiger partial charge in [0.2, 0.25) is 0 Å². The van der Waals surface area contributed by atoms with Gasteiger partial charge in [-0.1, -0.05) is 20.8 Å². The number of rotatable bonds is 2. The molecule has 1 saturated carbocycles. The number of carbonyl (C=O) groups excluding carboxylic acids is 1. The molecule has 0 spiro atoms. The molecule has 0 aliphatic heterocycles. The van der Waals surface area contributed by atoms with Crippen molar-refractivity contribution in [3.05, 3.63) is 30.6 Å². The second-order valence-electron chi connectivity index (χ2n) is 8.59. The maximum atomic E-state index is 13.4. The summed E-state index contributed by atoms with van der Waals surface area (Å²) in [6.45, 7) is 6.37. The largest absolute Gasteiger partial charge is 0.504 e. The summed E-state index contributed by atoms with van der Waals surface area (Å²) in [4.78, 5) is 17.6. The molecular formula is C22H26N2O4. The summed E-state index contributed by atoms with van der Waals surface area (Å²) in [7, 11) is 1.50. The number of nitrogens with zero attached hydrogens (tertiary/aromatic N) is 2. The second-order valence-corrected chi connectivity index (χ2v) is 8.59. The van der Waals surface area contributed by atoms with Gasteiger partial charge < -0.3 is 14.6 Å². The highest BCUT2D eigenvalue weighted by atomic mass is 16.6. The molecule has 0 radical (unpaired) electrons. The lowest BCUT2D eigenvalue weighted by molar-refractivity contribution is -0.0617. The molecule has 1 aliphatic rings. The predicted octanol–water partition coefficient (Wildman–Crippen LogP) is 5.25. The topological polar surface area (TPSA) is 73.6 Å². The zero-order valence-electron chi connectivity index (χ0n) is 16.8. The number of aromatic nitrogens is 2. The summed E-state index contributed by atoms with van der Waals surface area (Å²) in [6, 6.07) is 5.07. The Morgan fingerprint density at radius 1 is 1.18 bits per heavy atom. The molecule has 2 heterocycles. The number of aromatic hydroxyl groups is 1. The van der Waals surface area contributed by atoms with Gasteiger partial charge in [0.25, 0.3) is 0 Å². The first-order valence-corrected chi connectivity index (χ1v) is 9.66. The van der Waals surface area contributed by atoms with Crippen LogP contribution in [0.4, 0.5) is 4.79 Å². The van der Waals surface area contributed by atoms with Crippen LogP contribution in [0.2, 0.25) is 0 Å². The van der Waals surface area contributed by atoms with Crippen LogP contribution in [0.15, 0.2) is 30.6 Å². The first-order chi connectivity index (χ1) is 13.3. The Kier molecular flexibility index (Phi) is 4.25. The van der Waals surface area contributed by atoms with Crippen molar-refractivity contribution < 1.29 is 19.4 Å². The van der Waals surface area contributed by atoms with Crippen molar-refractivity contribution in [1.29, 1.82) is 0 Å². The Morgan fingerprint density at radius 2 is 1.89 bits per heavy atom. The number of methoxy groups -OCH3 is 1. The second kappa shape index (κ2) is 6.40. The molecule has 1 aliphatic carbocycles. The predicted molar refractivity (Wildman–Crippen MR) is 108 cm³/mol. The average Bonchev–Trinajstić information content (AvgIpc) is 3.23. The molecule has 148 valence electrons. The average molecular weight is 382 g/mol. The van der Waals surface area contributed by atoms with Gasteiger partial charge in [-0.2, -0.15) is 0 Å². The van der Waals surface area contributed by atoms with Crippen LogP contribution in [0.25, 0.3) is 21.8 Å². The third kappa shape index (κ3) is 2.70. The molecule has 28 heavy (non-hydrogen) atoms. The third-order valence-corrected chi connectivity index (χ3v) is 6.11. The standard InChI is InChI=1S/C22H26N2O4/c1-21(2,3)22(8-5-6-9-22)28-20(26)24-16-7-10-23-13-15(16)14-11-19(27-4)18(25)12-17(14)24/h7,10-13,25H,5-6,8-9H2,1-4H3. The van der Waals surface area contributed by atoms with Crippen molar-refractivity contribution >= 4 is 27.9 Å². The van der Waals surface area contributed by atoms with Crippen LogP contribution in [-0.4, -0.2) is 33.5 Å². The van der Waals surface area contributed by atoms with Gasteiger partial charge in [0.15, 0.2) is 11.5 Å². The summed E-state index contributed by atoms with van der Waals surface area (Å²) in [5, 5.41) is 11.9. The molecule has 3 aromatic rings. The maximum absolute atomic E-state index is 13.4. The van der Waals surface area contributed by atoms with Crippen LogP contribution in [-0.2, 0) is 4.74 Å². The number of pyridine rings is 1. The van der Waals surface area contributed by atoms with E-state index >= 15 is 0 Å². The minimum absolute atomic E-state index is 0.0220. The van der Waals surface area contributed by atoms with Gasteiger partial charge in [-0.15, -0.1) is 0 Å². The van der Waals surface area contributed by atoms with E-state index in [9.17, 15) is 9.90 Å². The maximum Gasteiger partial charge on any atom is 0.419 e. The molecule has 2 aromatic heterocycles. The first-order valence-electron chi connectivity index (χ1n) is 9.66. The molecule has 0 saturated heterocycles. The first kappa shape index (κ1) is 18.6. The summed E-state index contributed by atoms with van der Waals surface area (Å²) in [5.74, 6) is 0.331. The molecular weight excluding hydrogens is 356 g/mol. The molecule has 0 unspecified atom stereocenters. The number of benzene rings is 1. The van der Waals surface area contributed by atoms with E-state index < -0.39 is 11.7 Å². The molecule has 6 nitrogen and oxygen atoms in total. The van der Waals surface area contributed by atoms with E-state index in [0.717, 1.165) is 36.5 Å². The third-order valence-electron chi connectivity index (χ3n) is 6.11. The van der Waals surface area contributed by atoms with Crippen molar-refractivity contribution in [3.8, 4) is 11.5 Å². The Hall–Kier alpha value is -2.76. The SMILES string of the molecule is COc1cc2c3cnccc3n(C(=O)OC3(C(C)(C)C)CCCC3)c2cc1O. The van der Waals surface area contributed by atoms with Crippen LogP contribution < -0.4 is 4.74 Å².